The molecule has 0 fully saturated rings. The molecule has 3 aromatic carbocycles. The number of hydrogen-bond donors (Lipinski definition) is 0. The van der Waals surface area contributed by atoms with Crippen LogP contribution < -0.4 is 0 Å². The molecule has 14 heteroatoms. The normalized spacial score (nSPS) is 11.6. The van der Waals surface area contributed by atoms with Gasteiger partial charge < -0.3 is 0 Å². The van der Waals surface area contributed by atoms with Gasteiger partial charge in [-0.1, -0.05) is 0 Å². The van der Waals surface area contributed by atoms with Gasteiger partial charge in [0, 0.05) is 22.3 Å². The summed E-state index contributed by atoms with van der Waals surface area (Å²) in [5.74, 6) is -43.2. The summed E-state index contributed by atoms with van der Waals surface area (Å²) >= 11 is 0. The highest BCUT2D eigenvalue weighted by atomic mass is 19.2. The van der Waals surface area contributed by atoms with Gasteiger partial charge >= 0.3 is 0 Å². The van der Waals surface area contributed by atoms with Crippen molar-refractivity contribution in [1.29, 1.82) is 0 Å². The highest BCUT2D eigenvalue weighted by Gasteiger charge is 2.42. The minimum absolute atomic E-state index is 0.423. The Morgan fingerprint density at radius 2 is 0.471 bits per heavy atom. The smallest absolute Gasteiger partial charge is 0.200 e. The van der Waals surface area contributed by atoms with Gasteiger partial charge in [0.15, 0.2) is 69.8 Å². The summed E-state index contributed by atoms with van der Waals surface area (Å²) in [5.41, 5.74) is -8.99. The van der Waals surface area contributed by atoms with Gasteiger partial charge in [-0.15, -0.1) is 0 Å². The first-order valence-corrected chi connectivity index (χ1v) is 8.51. The van der Waals surface area contributed by atoms with Crippen molar-refractivity contribution >= 4 is 0 Å². The van der Waals surface area contributed by atoms with Crippen LogP contribution >= 0.6 is 0 Å². The third-order valence-corrected chi connectivity index (χ3v) is 4.87. The minimum Gasteiger partial charge on any atom is -0.203 e. The zero-order chi connectivity index (χ0) is 26.0. The van der Waals surface area contributed by atoms with Crippen LogP contribution in [0.5, 0.6) is 0 Å². The molecule has 0 unspecified atom stereocenters. The quantitative estimate of drug-likeness (QED) is 0.152. The molecule has 0 atom stereocenters. The lowest BCUT2D eigenvalue weighted by Crippen LogP contribution is -2.22. The van der Waals surface area contributed by atoms with Crippen molar-refractivity contribution in [2.45, 2.75) is 12.8 Å². The molecule has 0 amide bonds. The number of benzene rings is 3. The summed E-state index contributed by atoms with van der Waals surface area (Å²) in [5, 5.41) is 0. The van der Waals surface area contributed by atoms with E-state index in [0.717, 1.165) is 0 Å². The minimum atomic E-state index is -3.79. The van der Waals surface area contributed by atoms with Gasteiger partial charge in [-0.05, 0) is 6.92 Å². The van der Waals surface area contributed by atoms with E-state index in [0.29, 0.717) is 6.92 Å². The molecular weight excluding hydrogens is 506 g/mol. The van der Waals surface area contributed by atoms with Crippen LogP contribution in [0.25, 0.3) is 0 Å². The molecule has 0 saturated heterocycles. The molecule has 0 aliphatic heterocycles. The Hall–Kier alpha value is -3.32. The molecule has 0 heterocycles. The van der Waals surface area contributed by atoms with E-state index in [2.05, 4.69) is 0 Å². The van der Waals surface area contributed by atoms with Crippen molar-refractivity contribution in [3.05, 3.63) is 104 Å². The van der Waals surface area contributed by atoms with E-state index in [9.17, 15) is 61.5 Å². The number of hydrogen-bond acceptors (Lipinski definition) is 0. The maximum Gasteiger partial charge on any atom is 0.200 e. The van der Waals surface area contributed by atoms with Crippen LogP contribution in [0.1, 0.15) is 28.2 Å². The second kappa shape index (κ2) is 8.47. The average molecular weight is 510 g/mol. The topological polar surface area (TPSA) is 0 Å². The third kappa shape index (κ3) is 3.38. The summed E-state index contributed by atoms with van der Waals surface area (Å²) in [4.78, 5) is 0. The highest BCUT2D eigenvalue weighted by Crippen LogP contribution is 2.44. The molecular formula is C20H4F14. The first-order chi connectivity index (χ1) is 15.7. The largest absolute Gasteiger partial charge is 0.203 e. The van der Waals surface area contributed by atoms with Crippen molar-refractivity contribution in [2.75, 3.05) is 0 Å². The van der Waals surface area contributed by atoms with Gasteiger partial charge in [0.25, 0.3) is 0 Å². The van der Waals surface area contributed by atoms with E-state index in [4.69, 9.17) is 0 Å². The van der Waals surface area contributed by atoms with Crippen molar-refractivity contribution in [3.8, 4) is 0 Å². The fourth-order valence-corrected chi connectivity index (χ4v) is 3.20. The van der Waals surface area contributed by atoms with Gasteiger partial charge in [0.05, 0.1) is 5.92 Å². The standard InChI is InChI=1S/C20H4F14/c1-2-7(21)9(23)4(10(24)8(2)22)3(5-11(25)15(29)19(33)16(30)12(5)26)6-13(27)17(31)20(34)18(32)14(6)28/h3H,1H3. The lowest BCUT2D eigenvalue weighted by Gasteiger charge is -2.24. The monoisotopic (exact) mass is 510 g/mol. The van der Waals surface area contributed by atoms with Crippen LogP contribution in [0, 0.1) is 88.4 Å². The van der Waals surface area contributed by atoms with Crippen LogP contribution in [0.4, 0.5) is 61.5 Å². The second-order valence-electron chi connectivity index (χ2n) is 6.69. The molecule has 0 N–H and O–H groups in total. The van der Waals surface area contributed by atoms with Crippen LogP contribution in [0.3, 0.4) is 0 Å². The molecule has 182 valence electrons. The Balaban J connectivity index is 2.68. The SMILES string of the molecule is Cc1c(F)c(F)c(C(c2c(F)c(F)c(F)c(F)c2F)c2c(F)c(F)c(F)c(F)c2F)c(F)c1F. The van der Waals surface area contributed by atoms with E-state index >= 15 is 0 Å². The van der Waals surface area contributed by atoms with E-state index < -0.39 is 110 Å². The van der Waals surface area contributed by atoms with E-state index in [1.165, 1.54) is 0 Å². The zero-order valence-corrected chi connectivity index (χ0v) is 15.9. The average Bonchev–Trinajstić information content (AvgIpc) is 2.81. The van der Waals surface area contributed by atoms with Crippen LogP contribution in [-0.4, -0.2) is 0 Å². The Kier molecular flexibility index (Phi) is 6.31. The lowest BCUT2D eigenvalue weighted by molar-refractivity contribution is 0.353. The summed E-state index contributed by atoms with van der Waals surface area (Å²) in [7, 11) is 0. The Bertz CT molecular complexity index is 1110. The maximum absolute atomic E-state index is 14.6. The van der Waals surface area contributed by atoms with Crippen molar-refractivity contribution in [3.63, 3.8) is 0 Å². The molecule has 3 aromatic rings. The predicted octanol–water partition coefficient (Wildman–Crippen LogP) is 7.12. The van der Waals surface area contributed by atoms with Crippen molar-refractivity contribution in [1.82, 2.24) is 0 Å². The summed E-state index contributed by atoms with van der Waals surface area (Å²) in [6.45, 7) is 0.423. The number of halogens is 14. The first-order valence-electron chi connectivity index (χ1n) is 8.51. The molecule has 0 aromatic heterocycles. The Morgan fingerprint density at radius 3 is 0.706 bits per heavy atom. The summed E-state index contributed by atoms with van der Waals surface area (Å²) in [6, 6.07) is 0. The van der Waals surface area contributed by atoms with Gasteiger partial charge in [-0.3, -0.25) is 0 Å². The van der Waals surface area contributed by atoms with Gasteiger partial charge in [0.1, 0.15) is 0 Å². The van der Waals surface area contributed by atoms with Crippen molar-refractivity contribution in [2.24, 2.45) is 0 Å². The number of rotatable bonds is 3. The van der Waals surface area contributed by atoms with Crippen molar-refractivity contribution < 1.29 is 61.5 Å². The highest BCUT2D eigenvalue weighted by molar-refractivity contribution is 5.49. The second-order valence-corrected chi connectivity index (χ2v) is 6.69. The van der Waals surface area contributed by atoms with Crippen LogP contribution in [-0.2, 0) is 0 Å². The molecule has 34 heavy (non-hydrogen) atoms. The molecule has 0 saturated carbocycles. The molecule has 0 bridgehead atoms. The molecule has 0 nitrogen and oxygen atoms in total. The lowest BCUT2D eigenvalue weighted by atomic mass is 9.82. The van der Waals surface area contributed by atoms with Crippen LogP contribution in [0.15, 0.2) is 0 Å². The molecule has 3 rings (SSSR count). The predicted molar refractivity (Wildman–Crippen MR) is 84.4 cm³/mol. The summed E-state index contributed by atoms with van der Waals surface area (Å²) in [6.07, 6.45) is 0. The fourth-order valence-electron chi connectivity index (χ4n) is 3.20. The van der Waals surface area contributed by atoms with Gasteiger partial charge in [-0.2, -0.15) is 0 Å². The van der Waals surface area contributed by atoms with Crippen LogP contribution in [0.2, 0.25) is 0 Å². The molecule has 0 aliphatic carbocycles. The van der Waals surface area contributed by atoms with Gasteiger partial charge in [0.2, 0.25) is 11.6 Å². The molecule has 0 radical (unpaired) electrons. The Morgan fingerprint density at radius 1 is 0.294 bits per heavy atom. The van der Waals surface area contributed by atoms with Gasteiger partial charge in [-0.25, -0.2) is 61.5 Å². The van der Waals surface area contributed by atoms with E-state index in [-0.39, 0.29) is 0 Å². The maximum atomic E-state index is 14.6. The summed E-state index contributed by atoms with van der Waals surface area (Å²) < 4.78 is 197. The molecule has 0 aliphatic rings. The van der Waals surface area contributed by atoms with E-state index in [1.807, 2.05) is 0 Å². The fraction of sp³-hybridized carbons (Fsp3) is 0.100. The molecule has 0 spiro atoms. The first kappa shape index (κ1) is 25.3. The Labute approximate surface area is 179 Å². The zero-order valence-electron chi connectivity index (χ0n) is 15.9. The van der Waals surface area contributed by atoms with E-state index in [1.54, 1.807) is 0 Å². The third-order valence-electron chi connectivity index (χ3n) is 4.87.